The van der Waals surface area contributed by atoms with Crippen LogP contribution in [0, 0.1) is 6.92 Å². The molecule has 0 spiro atoms. The maximum absolute atomic E-state index is 5.44. The second-order valence-corrected chi connectivity index (χ2v) is 7.05. The molecule has 0 atom stereocenters. The quantitative estimate of drug-likeness (QED) is 0.280. The number of aryl methyl sites for hydroxylation is 2. The molecule has 0 radical (unpaired) electrons. The van der Waals surface area contributed by atoms with Gasteiger partial charge in [0.1, 0.15) is 11.5 Å². The van der Waals surface area contributed by atoms with Crippen LogP contribution in [0.1, 0.15) is 17.9 Å². The third kappa shape index (κ3) is 4.51. The zero-order valence-corrected chi connectivity index (χ0v) is 17.3. The molecular formula is C23H26N6O. The molecule has 4 rings (SSSR count). The smallest absolute Gasteiger partial charge is 0.191 e. The standard InChI is InChI=1S/C23H26N6O/c1-17-27-20-11-6-7-12-21(20)29(17)14-8-13-25-23(24-2)26-16-19-15-22(30-28-19)18-9-4-3-5-10-18/h3-7,9-12,15H,8,13-14,16H2,1-2H3,(H2,24,25,26). The van der Waals surface area contributed by atoms with Gasteiger partial charge >= 0.3 is 0 Å². The molecule has 2 aromatic heterocycles. The maximum Gasteiger partial charge on any atom is 0.191 e. The van der Waals surface area contributed by atoms with Crippen LogP contribution in [-0.4, -0.2) is 34.3 Å². The molecule has 0 amide bonds. The Morgan fingerprint density at radius 3 is 2.70 bits per heavy atom. The van der Waals surface area contributed by atoms with Crippen LogP contribution in [0.3, 0.4) is 0 Å². The minimum absolute atomic E-state index is 0.543. The Morgan fingerprint density at radius 2 is 1.87 bits per heavy atom. The van der Waals surface area contributed by atoms with Crippen LogP contribution < -0.4 is 10.6 Å². The maximum atomic E-state index is 5.44. The molecule has 7 nitrogen and oxygen atoms in total. The first-order valence-electron chi connectivity index (χ1n) is 10.1. The summed E-state index contributed by atoms with van der Waals surface area (Å²) in [6, 6.07) is 20.1. The van der Waals surface area contributed by atoms with Gasteiger partial charge in [0, 0.05) is 31.8 Å². The van der Waals surface area contributed by atoms with Crippen molar-refractivity contribution in [2.75, 3.05) is 13.6 Å². The number of imidazole rings is 1. The first-order chi connectivity index (χ1) is 14.7. The molecule has 30 heavy (non-hydrogen) atoms. The average molecular weight is 403 g/mol. The number of hydrogen-bond acceptors (Lipinski definition) is 4. The van der Waals surface area contributed by atoms with Crippen LogP contribution in [0.5, 0.6) is 0 Å². The summed E-state index contributed by atoms with van der Waals surface area (Å²) in [5, 5.41) is 10.8. The van der Waals surface area contributed by atoms with Gasteiger partial charge in [0.05, 0.1) is 17.6 Å². The lowest BCUT2D eigenvalue weighted by molar-refractivity contribution is 0.422. The summed E-state index contributed by atoms with van der Waals surface area (Å²) >= 11 is 0. The average Bonchev–Trinajstić information content (AvgIpc) is 3.38. The predicted molar refractivity (Wildman–Crippen MR) is 119 cm³/mol. The number of nitrogens with zero attached hydrogens (tertiary/aromatic N) is 4. The third-order valence-electron chi connectivity index (χ3n) is 4.97. The Balaban J connectivity index is 1.25. The summed E-state index contributed by atoms with van der Waals surface area (Å²) in [5.41, 5.74) is 4.07. The number of hydrogen-bond donors (Lipinski definition) is 2. The normalized spacial score (nSPS) is 11.7. The van der Waals surface area contributed by atoms with E-state index in [4.69, 9.17) is 4.52 Å². The molecule has 7 heteroatoms. The summed E-state index contributed by atoms with van der Waals surface area (Å²) < 4.78 is 7.70. The Labute approximate surface area is 175 Å². The van der Waals surface area contributed by atoms with E-state index in [9.17, 15) is 0 Å². The lowest BCUT2D eigenvalue weighted by atomic mass is 10.2. The topological polar surface area (TPSA) is 80.3 Å². The lowest BCUT2D eigenvalue weighted by Crippen LogP contribution is -2.37. The van der Waals surface area contributed by atoms with E-state index in [1.807, 2.05) is 42.5 Å². The molecule has 154 valence electrons. The Bertz CT molecular complexity index is 1130. The molecule has 0 saturated carbocycles. The van der Waals surface area contributed by atoms with E-state index in [2.05, 4.69) is 55.5 Å². The van der Waals surface area contributed by atoms with E-state index < -0.39 is 0 Å². The molecule has 4 aromatic rings. The van der Waals surface area contributed by atoms with Crippen molar-refractivity contribution in [3.05, 3.63) is 72.2 Å². The van der Waals surface area contributed by atoms with Gasteiger partial charge in [-0.05, 0) is 25.5 Å². The molecule has 0 saturated heterocycles. The molecule has 0 bridgehead atoms. The zero-order chi connectivity index (χ0) is 20.8. The van der Waals surface area contributed by atoms with Gasteiger partial charge in [0.25, 0.3) is 0 Å². The summed E-state index contributed by atoms with van der Waals surface area (Å²) in [6.45, 7) is 4.30. The highest BCUT2D eigenvalue weighted by molar-refractivity contribution is 5.79. The Hall–Kier alpha value is -3.61. The number of nitrogens with one attached hydrogen (secondary N) is 2. The van der Waals surface area contributed by atoms with Gasteiger partial charge in [-0.1, -0.05) is 47.6 Å². The molecule has 2 heterocycles. The van der Waals surface area contributed by atoms with E-state index in [1.54, 1.807) is 7.05 Å². The van der Waals surface area contributed by atoms with Crippen LogP contribution in [-0.2, 0) is 13.1 Å². The van der Waals surface area contributed by atoms with Gasteiger partial charge in [0.15, 0.2) is 11.7 Å². The number of aromatic nitrogens is 3. The van der Waals surface area contributed by atoms with Crippen molar-refractivity contribution in [1.29, 1.82) is 0 Å². The highest BCUT2D eigenvalue weighted by atomic mass is 16.5. The Morgan fingerprint density at radius 1 is 1.07 bits per heavy atom. The van der Waals surface area contributed by atoms with Crippen LogP contribution in [0.4, 0.5) is 0 Å². The number of aliphatic imine (C=N–C) groups is 1. The van der Waals surface area contributed by atoms with Crippen molar-refractivity contribution >= 4 is 17.0 Å². The van der Waals surface area contributed by atoms with Crippen molar-refractivity contribution in [2.24, 2.45) is 4.99 Å². The number of para-hydroxylation sites is 2. The fourth-order valence-electron chi connectivity index (χ4n) is 3.45. The summed E-state index contributed by atoms with van der Waals surface area (Å²) in [6.07, 6.45) is 0.962. The zero-order valence-electron chi connectivity index (χ0n) is 17.3. The monoisotopic (exact) mass is 402 g/mol. The van der Waals surface area contributed by atoms with Crippen molar-refractivity contribution < 1.29 is 4.52 Å². The van der Waals surface area contributed by atoms with Crippen molar-refractivity contribution in [3.8, 4) is 11.3 Å². The van der Waals surface area contributed by atoms with Gasteiger partial charge in [-0.3, -0.25) is 4.99 Å². The van der Waals surface area contributed by atoms with Gasteiger partial charge in [0.2, 0.25) is 0 Å². The van der Waals surface area contributed by atoms with Gasteiger partial charge < -0.3 is 19.7 Å². The molecule has 2 N–H and O–H groups in total. The van der Waals surface area contributed by atoms with Gasteiger partial charge in [-0.2, -0.15) is 0 Å². The number of fused-ring (bicyclic) bond motifs is 1. The molecule has 0 aliphatic rings. The number of guanidine groups is 1. The highest BCUT2D eigenvalue weighted by Crippen LogP contribution is 2.19. The fraction of sp³-hybridized carbons (Fsp3) is 0.261. The van der Waals surface area contributed by atoms with Crippen molar-refractivity contribution in [2.45, 2.75) is 26.4 Å². The van der Waals surface area contributed by atoms with Crippen LogP contribution in [0.25, 0.3) is 22.4 Å². The predicted octanol–water partition coefficient (Wildman–Crippen LogP) is 3.76. The van der Waals surface area contributed by atoms with Crippen LogP contribution >= 0.6 is 0 Å². The fourth-order valence-corrected chi connectivity index (χ4v) is 3.45. The van der Waals surface area contributed by atoms with Crippen molar-refractivity contribution in [1.82, 2.24) is 25.3 Å². The minimum atomic E-state index is 0.543. The third-order valence-corrected chi connectivity index (χ3v) is 4.97. The minimum Gasteiger partial charge on any atom is -0.356 e. The van der Waals surface area contributed by atoms with E-state index in [0.29, 0.717) is 6.54 Å². The molecule has 2 aromatic carbocycles. The van der Waals surface area contributed by atoms with E-state index in [0.717, 1.165) is 53.8 Å². The largest absolute Gasteiger partial charge is 0.356 e. The van der Waals surface area contributed by atoms with Gasteiger partial charge in [-0.15, -0.1) is 0 Å². The highest BCUT2D eigenvalue weighted by Gasteiger charge is 2.08. The SMILES string of the molecule is CN=C(NCCCn1c(C)nc2ccccc21)NCc1cc(-c2ccccc2)on1. The van der Waals surface area contributed by atoms with E-state index in [1.165, 1.54) is 5.52 Å². The molecule has 0 aliphatic heterocycles. The summed E-state index contributed by atoms with van der Waals surface area (Å²) in [4.78, 5) is 8.91. The van der Waals surface area contributed by atoms with Crippen molar-refractivity contribution in [3.63, 3.8) is 0 Å². The number of rotatable bonds is 7. The van der Waals surface area contributed by atoms with E-state index in [-0.39, 0.29) is 0 Å². The second-order valence-electron chi connectivity index (χ2n) is 7.05. The van der Waals surface area contributed by atoms with Crippen LogP contribution in [0.15, 0.2) is 70.2 Å². The molecule has 0 unspecified atom stereocenters. The lowest BCUT2D eigenvalue weighted by Gasteiger charge is -2.12. The molecule has 0 aliphatic carbocycles. The molecular weight excluding hydrogens is 376 g/mol. The first kappa shape index (κ1) is 19.7. The summed E-state index contributed by atoms with van der Waals surface area (Å²) in [7, 11) is 1.76. The molecule has 0 fully saturated rings. The van der Waals surface area contributed by atoms with Crippen LogP contribution in [0.2, 0.25) is 0 Å². The number of benzene rings is 2. The van der Waals surface area contributed by atoms with E-state index >= 15 is 0 Å². The second kappa shape index (κ2) is 9.26. The van der Waals surface area contributed by atoms with Gasteiger partial charge in [-0.25, -0.2) is 4.98 Å². The summed E-state index contributed by atoms with van der Waals surface area (Å²) in [5.74, 6) is 2.55. The Kier molecular flexibility index (Phi) is 6.08. The first-order valence-corrected chi connectivity index (χ1v) is 10.1.